The Morgan fingerprint density at radius 1 is 1.24 bits per heavy atom. The fourth-order valence-corrected chi connectivity index (χ4v) is 3.29. The van der Waals surface area contributed by atoms with Gasteiger partial charge in [-0.3, -0.25) is 20.2 Å². The molecule has 1 fully saturated rings. The van der Waals surface area contributed by atoms with Crippen molar-refractivity contribution in [1.82, 2.24) is 10.6 Å². The Balaban J connectivity index is 1.88. The Hall–Kier alpha value is -3.17. The summed E-state index contributed by atoms with van der Waals surface area (Å²) in [4.78, 5) is 48.1. The Morgan fingerprint density at radius 3 is 2.55 bits per heavy atom. The minimum absolute atomic E-state index is 0.00913. The molecule has 2 atom stereocenters. The summed E-state index contributed by atoms with van der Waals surface area (Å²) >= 11 is 0. The molecule has 2 rings (SSSR count). The van der Waals surface area contributed by atoms with Gasteiger partial charge in [0.1, 0.15) is 5.69 Å². The molecular weight excluding hydrogens is 380 g/mol. The monoisotopic (exact) mass is 406 g/mol. The largest absolute Gasteiger partial charge is 0.452 e. The molecule has 1 aliphatic rings. The quantitative estimate of drug-likeness (QED) is 0.421. The van der Waals surface area contributed by atoms with Crippen LogP contribution in [0.25, 0.3) is 0 Å². The number of benzene rings is 1. The highest BCUT2D eigenvalue weighted by atomic mass is 16.6. The average Bonchev–Trinajstić information content (AvgIpc) is 2.67. The van der Waals surface area contributed by atoms with E-state index in [1.54, 1.807) is 19.0 Å². The van der Waals surface area contributed by atoms with E-state index in [2.05, 4.69) is 17.6 Å². The summed E-state index contributed by atoms with van der Waals surface area (Å²) in [6.07, 6.45) is 4.04. The lowest BCUT2D eigenvalue weighted by atomic mass is 9.86. The van der Waals surface area contributed by atoms with Gasteiger partial charge in [0.25, 0.3) is 11.6 Å². The molecule has 3 amide bonds. The summed E-state index contributed by atoms with van der Waals surface area (Å²) in [6, 6.07) is 3.27. The number of hydrogen-bond donors (Lipinski definition) is 2. The molecule has 29 heavy (non-hydrogen) atoms. The Morgan fingerprint density at radius 2 is 1.93 bits per heavy atom. The second-order valence-corrected chi connectivity index (χ2v) is 7.32. The van der Waals surface area contributed by atoms with Crippen LogP contribution in [0.3, 0.4) is 0 Å². The van der Waals surface area contributed by atoms with E-state index in [9.17, 15) is 24.5 Å². The predicted octanol–water partition coefficient (Wildman–Crippen LogP) is 2.22. The molecule has 0 saturated heterocycles. The molecule has 2 N–H and O–H groups in total. The SMILES string of the molecule is C[C@@H]1CCCC[C@@H]1NC(=O)NC(=O)COC(=O)c1ccc(N(C)C)c([N+](=O)[O-])c1. The number of nitro benzene ring substituents is 1. The number of ether oxygens (including phenoxy) is 1. The van der Waals surface area contributed by atoms with Gasteiger partial charge in [-0.2, -0.15) is 0 Å². The number of hydrogen-bond acceptors (Lipinski definition) is 7. The van der Waals surface area contributed by atoms with Crippen LogP contribution in [0, 0.1) is 16.0 Å². The van der Waals surface area contributed by atoms with Crippen molar-refractivity contribution >= 4 is 29.3 Å². The summed E-state index contributed by atoms with van der Waals surface area (Å²) in [6.45, 7) is 1.38. The van der Waals surface area contributed by atoms with Crippen molar-refractivity contribution in [3.05, 3.63) is 33.9 Å². The fourth-order valence-electron chi connectivity index (χ4n) is 3.29. The van der Waals surface area contributed by atoms with E-state index in [1.165, 1.54) is 12.1 Å². The van der Waals surface area contributed by atoms with E-state index in [4.69, 9.17) is 4.74 Å². The molecule has 10 heteroatoms. The minimum Gasteiger partial charge on any atom is -0.452 e. The third-order valence-corrected chi connectivity index (χ3v) is 4.90. The number of carbonyl (C=O) groups excluding carboxylic acids is 3. The summed E-state index contributed by atoms with van der Waals surface area (Å²) in [5, 5.41) is 16.1. The molecule has 10 nitrogen and oxygen atoms in total. The zero-order valence-corrected chi connectivity index (χ0v) is 16.8. The number of anilines is 1. The molecule has 1 aromatic carbocycles. The van der Waals surface area contributed by atoms with Crippen LogP contribution in [-0.4, -0.2) is 49.6 Å². The van der Waals surface area contributed by atoms with E-state index < -0.39 is 29.4 Å². The Kier molecular flexibility index (Phi) is 7.52. The van der Waals surface area contributed by atoms with E-state index in [0.717, 1.165) is 31.7 Å². The third kappa shape index (κ3) is 6.16. The van der Waals surface area contributed by atoms with Crippen LogP contribution in [0.2, 0.25) is 0 Å². The maximum absolute atomic E-state index is 12.1. The molecule has 0 unspecified atom stereocenters. The first-order chi connectivity index (χ1) is 13.7. The Labute approximate surface area is 168 Å². The molecule has 0 aromatic heterocycles. The zero-order valence-electron chi connectivity index (χ0n) is 16.8. The molecule has 1 aliphatic carbocycles. The number of esters is 1. The molecule has 0 heterocycles. The summed E-state index contributed by atoms with van der Waals surface area (Å²) in [5.74, 6) is -1.34. The number of nitrogens with zero attached hydrogens (tertiary/aromatic N) is 2. The van der Waals surface area contributed by atoms with Crippen LogP contribution < -0.4 is 15.5 Å². The first-order valence-corrected chi connectivity index (χ1v) is 9.42. The number of urea groups is 1. The van der Waals surface area contributed by atoms with Crippen LogP contribution in [0.15, 0.2) is 18.2 Å². The first-order valence-electron chi connectivity index (χ1n) is 9.42. The van der Waals surface area contributed by atoms with Crippen molar-refractivity contribution in [3.63, 3.8) is 0 Å². The molecule has 1 aromatic rings. The number of imide groups is 1. The summed E-state index contributed by atoms with van der Waals surface area (Å²) in [7, 11) is 3.29. The smallest absolute Gasteiger partial charge is 0.338 e. The normalized spacial score (nSPS) is 18.4. The fraction of sp³-hybridized carbons (Fsp3) is 0.526. The van der Waals surface area contributed by atoms with Crippen molar-refractivity contribution in [1.29, 1.82) is 0 Å². The van der Waals surface area contributed by atoms with Crippen LogP contribution in [-0.2, 0) is 9.53 Å². The highest BCUT2D eigenvalue weighted by Crippen LogP contribution is 2.28. The van der Waals surface area contributed by atoms with Crippen molar-refractivity contribution < 1.29 is 24.0 Å². The average molecular weight is 406 g/mol. The molecule has 0 aliphatic heterocycles. The van der Waals surface area contributed by atoms with Crippen molar-refractivity contribution in [2.24, 2.45) is 5.92 Å². The first kappa shape index (κ1) is 22.1. The maximum Gasteiger partial charge on any atom is 0.338 e. The van der Waals surface area contributed by atoms with Crippen LogP contribution in [0.4, 0.5) is 16.2 Å². The number of rotatable bonds is 6. The topological polar surface area (TPSA) is 131 Å². The van der Waals surface area contributed by atoms with E-state index in [-0.39, 0.29) is 17.3 Å². The van der Waals surface area contributed by atoms with Crippen molar-refractivity contribution in [2.45, 2.75) is 38.6 Å². The van der Waals surface area contributed by atoms with Gasteiger partial charge in [0.15, 0.2) is 6.61 Å². The third-order valence-electron chi connectivity index (χ3n) is 4.90. The standard InChI is InChI=1S/C19H26N4O6/c1-12-6-4-5-7-14(12)20-19(26)21-17(24)11-29-18(25)13-8-9-15(22(2)3)16(10-13)23(27)28/h8-10,12,14H,4-7,11H2,1-3H3,(H2,20,21,24,26)/t12-,14+/m1/s1. The van der Waals surface area contributed by atoms with Crippen LogP contribution in [0.5, 0.6) is 0 Å². The molecule has 0 spiro atoms. The molecule has 0 radical (unpaired) electrons. The van der Waals surface area contributed by atoms with Gasteiger partial charge >= 0.3 is 12.0 Å². The van der Waals surface area contributed by atoms with Gasteiger partial charge in [-0.15, -0.1) is 0 Å². The lowest BCUT2D eigenvalue weighted by molar-refractivity contribution is -0.384. The predicted molar refractivity (Wildman–Crippen MR) is 106 cm³/mol. The van der Waals surface area contributed by atoms with E-state index in [1.807, 2.05) is 0 Å². The Bertz CT molecular complexity index is 795. The molecule has 158 valence electrons. The van der Waals surface area contributed by atoms with Gasteiger partial charge in [-0.05, 0) is 30.9 Å². The van der Waals surface area contributed by atoms with E-state index in [0.29, 0.717) is 11.6 Å². The van der Waals surface area contributed by atoms with Crippen LogP contribution >= 0.6 is 0 Å². The van der Waals surface area contributed by atoms with Gasteiger partial charge in [0.2, 0.25) is 0 Å². The van der Waals surface area contributed by atoms with Gasteiger partial charge in [0, 0.05) is 26.2 Å². The van der Waals surface area contributed by atoms with Crippen molar-refractivity contribution in [3.8, 4) is 0 Å². The van der Waals surface area contributed by atoms with Gasteiger partial charge < -0.3 is 15.0 Å². The minimum atomic E-state index is -0.894. The van der Waals surface area contributed by atoms with Gasteiger partial charge in [-0.25, -0.2) is 9.59 Å². The number of nitro groups is 1. The number of nitrogens with one attached hydrogen (secondary N) is 2. The zero-order chi connectivity index (χ0) is 21.6. The lowest BCUT2D eigenvalue weighted by Gasteiger charge is -2.29. The van der Waals surface area contributed by atoms with E-state index >= 15 is 0 Å². The van der Waals surface area contributed by atoms with Gasteiger partial charge in [-0.1, -0.05) is 19.8 Å². The van der Waals surface area contributed by atoms with Crippen molar-refractivity contribution in [2.75, 3.05) is 25.6 Å². The number of amides is 3. The second-order valence-electron chi connectivity index (χ2n) is 7.32. The molecular formula is C19H26N4O6. The van der Waals surface area contributed by atoms with Crippen LogP contribution in [0.1, 0.15) is 43.0 Å². The molecule has 1 saturated carbocycles. The summed E-state index contributed by atoms with van der Waals surface area (Å²) < 4.78 is 4.87. The molecule has 0 bridgehead atoms. The summed E-state index contributed by atoms with van der Waals surface area (Å²) in [5.41, 5.74) is 0.0170. The lowest BCUT2D eigenvalue weighted by Crippen LogP contribution is -2.48. The second kappa shape index (κ2) is 9.85. The highest BCUT2D eigenvalue weighted by Gasteiger charge is 2.24. The van der Waals surface area contributed by atoms with Gasteiger partial charge in [0.05, 0.1) is 10.5 Å². The number of carbonyl (C=O) groups is 3. The maximum atomic E-state index is 12.1. The highest BCUT2D eigenvalue weighted by molar-refractivity contribution is 5.97.